The van der Waals surface area contributed by atoms with Gasteiger partial charge in [0.1, 0.15) is 11.3 Å². The number of carbonyl (C=O) groups excluding carboxylic acids is 1. The van der Waals surface area contributed by atoms with E-state index in [1.807, 2.05) is 41.1 Å². The number of pyridine rings is 1. The summed E-state index contributed by atoms with van der Waals surface area (Å²) < 4.78 is 1.81. The van der Waals surface area contributed by atoms with Gasteiger partial charge in [-0.15, -0.1) is 21.5 Å². The first-order valence-corrected chi connectivity index (χ1v) is 8.83. The van der Waals surface area contributed by atoms with Gasteiger partial charge in [-0.25, -0.2) is 4.98 Å². The normalized spacial score (nSPS) is 11.1. The van der Waals surface area contributed by atoms with Gasteiger partial charge in [-0.3, -0.25) is 9.20 Å². The van der Waals surface area contributed by atoms with Crippen molar-refractivity contribution in [2.75, 3.05) is 0 Å². The summed E-state index contributed by atoms with van der Waals surface area (Å²) in [4.78, 5) is 17.3. The smallest absolute Gasteiger partial charge is 0.173 e. The monoisotopic (exact) mass is 348 g/mol. The summed E-state index contributed by atoms with van der Waals surface area (Å²) in [5.41, 5.74) is 5.32. The van der Waals surface area contributed by atoms with E-state index in [1.165, 1.54) is 11.3 Å². The number of fused-ring (bicyclic) bond motifs is 1. The van der Waals surface area contributed by atoms with Crippen LogP contribution >= 0.6 is 11.3 Å². The van der Waals surface area contributed by atoms with Crippen molar-refractivity contribution in [3.63, 3.8) is 0 Å². The molecule has 0 spiro atoms. The molecule has 0 aliphatic heterocycles. The molecule has 0 aliphatic carbocycles. The van der Waals surface area contributed by atoms with Crippen LogP contribution in [0.2, 0.25) is 0 Å². The highest BCUT2D eigenvalue weighted by Gasteiger charge is 2.17. The van der Waals surface area contributed by atoms with Gasteiger partial charge < -0.3 is 0 Å². The average Bonchev–Trinajstić information content (AvgIpc) is 3.23. The number of rotatable bonds is 4. The van der Waals surface area contributed by atoms with Gasteiger partial charge in [-0.2, -0.15) is 0 Å². The van der Waals surface area contributed by atoms with Gasteiger partial charge in [0.2, 0.25) is 0 Å². The molecule has 4 aromatic rings. The van der Waals surface area contributed by atoms with Gasteiger partial charge in [0, 0.05) is 17.3 Å². The van der Waals surface area contributed by atoms with E-state index in [1.54, 1.807) is 6.33 Å². The minimum Gasteiger partial charge on any atom is -0.294 e. The number of Topliss-reactive ketones (excluding diaryl/α,β-unsaturated/α-hetero) is 1. The molecule has 3 aromatic heterocycles. The van der Waals surface area contributed by atoms with Crippen molar-refractivity contribution in [2.45, 2.75) is 20.3 Å². The molecular weight excluding hydrogens is 332 g/mol. The molecule has 0 N–H and O–H groups in total. The van der Waals surface area contributed by atoms with Crippen LogP contribution in [0, 0.1) is 13.8 Å². The molecule has 6 heteroatoms. The topological polar surface area (TPSA) is 60.2 Å². The SMILES string of the molecule is Cc1csc(CC(=O)c2cc(-c3ccccc3C)cn3cnnc23)n1. The largest absolute Gasteiger partial charge is 0.294 e. The number of aryl methyl sites for hydroxylation is 2. The van der Waals surface area contributed by atoms with Gasteiger partial charge in [-0.1, -0.05) is 24.3 Å². The molecule has 0 bridgehead atoms. The third kappa shape index (κ3) is 2.96. The summed E-state index contributed by atoms with van der Waals surface area (Å²) in [5.74, 6) is 0.00258. The summed E-state index contributed by atoms with van der Waals surface area (Å²) in [6, 6.07) is 10.0. The Hall–Kier alpha value is -2.86. The molecule has 1 aromatic carbocycles. The molecule has 0 saturated heterocycles. The van der Waals surface area contributed by atoms with E-state index in [4.69, 9.17) is 0 Å². The van der Waals surface area contributed by atoms with Crippen LogP contribution in [0.1, 0.15) is 26.6 Å². The van der Waals surface area contributed by atoms with Crippen molar-refractivity contribution in [2.24, 2.45) is 0 Å². The fraction of sp³-hybridized carbons (Fsp3) is 0.158. The van der Waals surface area contributed by atoms with Gasteiger partial charge in [0.05, 0.1) is 12.0 Å². The maximum absolute atomic E-state index is 12.9. The predicted octanol–water partition coefficient (Wildman–Crippen LogP) is 3.90. The minimum atomic E-state index is 0.00258. The maximum Gasteiger partial charge on any atom is 0.173 e. The Morgan fingerprint density at radius 1 is 1.24 bits per heavy atom. The third-order valence-electron chi connectivity index (χ3n) is 4.13. The Morgan fingerprint density at radius 2 is 2.08 bits per heavy atom. The molecule has 124 valence electrons. The Kier molecular flexibility index (Phi) is 3.89. The Bertz CT molecular complexity index is 1080. The highest BCUT2D eigenvalue weighted by molar-refractivity contribution is 7.09. The summed E-state index contributed by atoms with van der Waals surface area (Å²) in [7, 11) is 0. The lowest BCUT2D eigenvalue weighted by molar-refractivity contribution is 0.0994. The van der Waals surface area contributed by atoms with E-state index in [-0.39, 0.29) is 12.2 Å². The van der Waals surface area contributed by atoms with Crippen molar-refractivity contribution >= 4 is 22.8 Å². The van der Waals surface area contributed by atoms with Crippen molar-refractivity contribution in [3.8, 4) is 11.1 Å². The van der Waals surface area contributed by atoms with E-state index in [0.29, 0.717) is 11.2 Å². The van der Waals surface area contributed by atoms with Gasteiger partial charge in [0.25, 0.3) is 0 Å². The molecule has 0 atom stereocenters. The molecule has 0 radical (unpaired) electrons. The van der Waals surface area contributed by atoms with Gasteiger partial charge in [0.15, 0.2) is 11.4 Å². The van der Waals surface area contributed by atoms with E-state index in [0.717, 1.165) is 27.4 Å². The maximum atomic E-state index is 12.9. The van der Waals surface area contributed by atoms with Crippen LogP contribution in [-0.2, 0) is 6.42 Å². The van der Waals surface area contributed by atoms with Crippen LogP contribution in [0.4, 0.5) is 0 Å². The van der Waals surface area contributed by atoms with Crippen LogP contribution < -0.4 is 0 Å². The summed E-state index contributed by atoms with van der Waals surface area (Å²) in [6.45, 7) is 3.99. The van der Waals surface area contributed by atoms with Crippen LogP contribution in [0.25, 0.3) is 16.8 Å². The van der Waals surface area contributed by atoms with Crippen LogP contribution in [-0.4, -0.2) is 25.4 Å². The molecule has 0 fully saturated rings. The first kappa shape index (κ1) is 15.7. The summed E-state index contributed by atoms with van der Waals surface area (Å²) in [6.07, 6.45) is 3.86. The lowest BCUT2D eigenvalue weighted by Crippen LogP contribution is -2.07. The molecule has 0 saturated carbocycles. The number of nitrogens with zero attached hydrogens (tertiary/aromatic N) is 4. The van der Waals surface area contributed by atoms with Gasteiger partial charge in [-0.05, 0) is 36.6 Å². The van der Waals surface area contributed by atoms with E-state index in [9.17, 15) is 4.79 Å². The second-order valence-electron chi connectivity index (χ2n) is 6.00. The number of ketones is 1. The highest BCUT2D eigenvalue weighted by Crippen LogP contribution is 2.26. The van der Waals surface area contributed by atoms with E-state index < -0.39 is 0 Å². The predicted molar refractivity (Wildman–Crippen MR) is 98.0 cm³/mol. The Labute approximate surface area is 149 Å². The van der Waals surface area contributed by atoms with E-state index in [2.05, 4.69) is 34.2 Å². The van der Waals surface area contributed by atoms with Crippen LogP contribution in [0.15, 0.2) is 48.2 Å². The zero-order valence-corrected chi connectivity index (χ0v) is 14.7. The first-order chi connectivity index (χ1) is 12.1. The quantitative estimate of drug-likeness (QED) is 0.525. The number of carbonyl (C=O) groups is 1. The first-order valence-electron chi connectivity index (χ1n) is 7.95. The zero-order chi connectivity index (χ0) is 17.4. The number of aromatic nitrogens is 4. The Morgan fingerprint density at radius 3 is 2.84 bits per heavy atom. The highest BCUT2D eigenvalue weighted by atomic mass is 32.1. The van der Waals surface area contributed by atoms with E-state index >= 15 is 0 Å². The fourth-order valence-corrected chi connectivity index (χ4v) is 3.67. The molecule has 25 heavy (non-hydrogen) atoms. The fourth-order valence-electron chi connectivity index (χ4n) is 2.90. The standard InChI is InChI=1S/C19H16N4OS/c1-12-5-3-4-6-15(12)14-7-16(19-22-20-11-23(19)9-14)17(24)8-18-21-13(2)10-25-18/h3-7,9-11H,8H2,1-2H3. The minimum absolute atomic E-state index is 0.00258. The summed E-state index contributed by atoms with van der Waals surface area (Å²) in [5, 5.41) is 10.9. The Balaban J connectivity index is 1.81. The second kappa shape index (κ2) is 6.22. The number of hydrogen-bond donors (Lipinski definition) is 0. The molecule has 0 aliphatic rings. The number of thiazole rings is 1. The third-order valence-corrected chi connectivity index (χ3v) is 5.09. The molecule has 0 amide bonds. The zero-order valence-electron chi connectivity index (χ0n) is 13.9. The van der Waals surface area contributed by atoms with Crippen molar-refractivity contribution in [3.05, 3.63) is 70.1 Å². The average molecular weight is 348 g/mol. The van der Waals surface area contributed by atoms with Gasteiger partial charge >= 0.3 is 0 Å². The van der Waals surface area contributed by atoms with Crippen LogP contribution in [0.5, 0.6) is 0 Å². The van der Waals surface area contributed by atoms with Crippen molar-refractivity contribution < 1.29 is 4.79 Å². The summed E-state index contributed by atoms with van der Waals surface area (Å²) >= 11 is 1.51. The van der Waals surface area contributed by atoms with Crippen LogP contribution in [0.3, 0.4) is 0 Å². The lowest BCUT2D eigenvalue weighted by atomic mass is 9.99. The second-order valence-corrected chi connectivity index (χ2v) is 6.94. The number of hydrogen-bond acceptors (Lipinski definition) is 5. The molecule has 0 unspecified atom stereocenters. The number of benzene rings is 1. The molecular formula is C19H16N4OS. The molecule has 3 heterocycles. The van der Waals surface area contributed by atoms with Crippen molar-refractivity contribution in [1.29, 1.82) is 0 Å². The lowest BCUT2D eigenvalue weighted by Gasteiger charge is -2.09. The molecule has 5 nitrogen and oxygen atoms in total. The van der Waals surface area contributed by atoms with Crippen molar-refractivity contribution in [1.82, 2.24) is 19.6 Å². The molecule has 4 rings (SSSR count).